The Kier molecular flexibility index (Phi) is 4.55. The van der Waals surface area contributed by atoms with Gasteiger partial charge in [-0.25, -0.2) is 4.39 Å². The van der Waals surface area contributed by atoms with Gasteiger partial charge in [-0.3, -0.25) is 0 Å². The number of likely N-dealkylation sites (N-methyl/N-ethyl adjacent to an activating group) is 1. The third-order valence-corrected chi connectivity index (χ3v) is 3.63. The number of hydrogen-bond acceptors (Lipinski definition) is 3. The minimum Gasteiger partial charge on any atom is -0.373 e. The van der Waals surface area contributed by atoms with E-state index in [9.17, 15) is 4.39 Å². The van der Waals surface area contributed by atoms with Crippen LogP contribution in [0.5, 0.6) is 0 Å². The van der Waals surface area contributed by atoms with Crippen molar-refractivity contribution in [2.24, 2.45) is 5.73 Å². The molecule has 2 rings (SSSR count). The van der Waals surface area contributed by atoms with E-state index in [4.69, 9.17) is 5.73 Å². The second kappa shape index (κ2) is 6.16. The highest BCUT2D eigenvalue weighted by molar-refractivity contribution is 5.45. The highest BCUT2D eigenvalue weighted by Gasteiger charge is 2.15. The highest BCUT2D eigenvalue weighted by atomic mass is 19.1. The zero-order valence-corrected chi connectivity index (χ0v) is 11.0. The minimum absolute atomic E-state index is 0.178. The first-order valence-corrected chi connectivity index (χ1v) is 6.60. The molecule has 1 fully saturated rings. The van der Waals surface area contributed by atoms with Gasteiger partial charge in [-0.2, -0.15) is 0 Å². The number of hydrogen-bond donors (Lipinski definition) is 1. The van der Waals surface area contributed by atoms with Crippen LogP contribution in [0.4, 0.5) is 10.1 Å². The second-order valence-corrected chi connectivity index (χ2v) is 5.08. The largest absolute Gasteiger partial charge is 0.373 e. The lowest BCUT2D eigenvalue weighted by Gasteiger charge is -2.31. The molecule has 1 saturated heterocycles. The summed E-state index contributed by atoms with van der Waals surface area (Å²) >= 11 is 0. The first-order valence-electron chi connectivity index (χ1n) is 6.60. The Bertz CT molecular complexity index is 375. The van der Waals surface area contributed by atoms with Crippen molar-refractivity contribution in [2.45, 2.75) is 18.9 Å². The predicted octanol–water partition coefficient (Wildman–Crippen LogP) is 1.68. The molecule has 100 valence electrons. The summed E-state index contributed by atoms with van der Waals surface area (Å²) in [5, 5.41) is 0. The van der Waals surface area contributed by atoms with Crippen molar-refractivity contribution in [3.63, 3.8) is 0 Å². The molecule has 1 aromatic rings. The Morgan fingerprint density at radius 1 is 1.39 bits per heavy atom. The van der Waals surface area contributed by atoms with Crippen molar-refractivity contribution in [1.82, 2.24) is 4.90 Å². The summed E-state index contributed by atoms with van der Waals surface area (Å²) in [4.78, 5) is 4.52. The van der Waals surface area contributed by atoms with Crippen LogP contribution in [0.3, 0.4) is 0 Å². The van der Waals surface area contributed by atoms with Gasteiger partial charge in [-0.05, 0) is 44.1 Å². The average Bonchev–Trinajstić information content (AvgIpc) is 2.38. The maximum absolute atomic E-state index is 13.1. The van der Waals surface area contributed by atoms with E-state index in [1.807, 2.05) is 13.1 Å². The van der Waals surface area contributed by atoms with E-state index >= 15 is 0 Å². The van der Waals surface area contributed by atoms with Gasteiger partial charge in [0.15, 0.2) is 0 Å². The van der Waals surface area contributed by atoms with Gasteiger partial charge in [-0.1, -0.05) is 6.07 Å². The number of rotatable bonds is 4. The Hall–Kier alpha value is -1.13. The molecule has 1 aliphatic heterocycles. The summed E-state index contributed by atoms with van der Waals surface area (Å²) in [5.41, 5.74) is 6.82. The van der Waals surface area contributed by atoms with E-state index < -0.39 is 0 Å². The average molecular weight is 251 g/mol. The van der Waals surface area contributed by atoms with E-state index in [-0.39, 0.29) is 5.82 Å². The summed E-state index contributed by atoms with van der Waals surface area (Å²) in [7, 11) is 2.00. The van der Waals surface area contributed by atoms with Gasteiger partial charge in [0.2, 0.25) is 0 Å². The zero-order chi connectivity index (χ0) is 13.0. The van der Waals surface area contributed by atoms with E-state index in [1.165, 1.54) is 6.07 Å². The van der Waals surface area contributed by atoms with Crippen LogP contribution in [-0.2, 0) is 0 Å². The fraction of sp³-hybridized carbons (Fsp3) is 0.571. The van der Waals surface area contributed by atoms with Crippen LogP contribution in [0.25, 0.3) is 0 Å². The fourth-order valence-corrected chi connectivity index (χ4v) is 2.31. The summed E-state index contributed by atoms with van der Waals surface area (Å²) in [6, 6.07) is 7.12. The van der Waals surface area contributed by atoms with Crippen LogP contribution in [0.15, 0.2) is 24.3 Å². The number of piperidine rings is 1. The smallest absolute Gasteiger partial charge is 0.125 e. The molecule has 0 unspecified atom stereocenters. The van der Waals surface area contributed by atoms with E-state index in [2.05, 4.69) is 9.80 Å². The molecule has 0 spiro atoms. The van der Waals surface area contributed by atoms with Gasteiger partial charge in [0, 0.05) is 31.9 Å². The molecule has 18 heavy (non-hydrogen) atoms. The molecule has 0 aliphatic carbocycles. The highest BCUT2D eigenvalue weighted by Crippen LogP contribution is 2.14. The molecule has 0 radical (unpaired) electrons. The number of nitrogens with two attached hydrogens (primary N) is 1. The molecule has 3 nitrogen and oxygen atoms in total. The van der Waals surface area contributed by atoms with Gasteiger partial charge < -0.3 is 15.5 Å². The number of anilines is 1. The van der Waals surface area contributed by atoms with Crippen LogP contribution in [0, 0.1) is 5.82 Å². The van der Waals surface area contributed by atoms with Gasteiger partial charge in [0.05, 0.1) is 0 Å². The number of benzene rings is 1. The number of nitrogens with zero attached hydrogens (tertiary/aromatic N) is 2. The van der Waals surface area contributed by atoms with Gasteiger partial charge in [0.1, 0.15) is 5.82 Å². The van der Waals surface area contributed by atoms with Crippen molar-refractivity contribution in [1.29, 1.82) is 0 Å². The van der Waals surface area contributed by atoms with Crippen LogP contribution in [-0.4, -0.2) is 44.2 Å². The second-order valence-electron chi connectivity index (χ2n) is 5.08. The first-order chi connectivity index (χ1) is 8.65. The molecule has 0 atom stereocenters. The summed E-state index contributed by atoms with van der Waals surface area (Å²) in [5.74, 6) is -0.178. The monoisotopic (exact) mass is 251 g/mol. The van der Waals surface area contributed by atoms with Crippen LogP contribution in [0.1, 0.15) is 12.8 Å². The molecular formula is C14H22FN3. The fourth-order valence-electron chi connectivity index (χ4n) is 2.31. The van der Waals surface area contributed by atoms with Crippen molar-refractivity contribution in [3.05, 3.63) is 30.1 Å². The molecule has 0 amide bonds. The van der Waals surface area contributed by atoms with Crippen molar-refractivity contribution < 1.29 is 4.39 Å². The van der Waals surface area contributed by atoms with E-state index in [0.29, 0.717) is 6.04 Å². The Morgan fingerprint density at radius 2 is 2.11 bits per heavy atom. The summed E-state index contributed by atoms with van der Waals surface area (Å²) in [6.07, 6.45) is 2.17. The first kappa shape index (κ1) is 13.3. The SMILES string of the molecule is CN(CCN1CCC(N)CC1)c1cccc(F)c1. The Balaban J connectivity index is 1.79. The maximum atomic E-state index is 13.1. The lowest BCUT2D eigenvalue weighted by molar-refractivity contribution is 0.218. The molecule has 1 aromatic carbocycles. The maximum Gasteiger partial charge on any atom is 0.125 e. The molecule has 2 N–H and O–H groups in total. The topological polar surface area (TPSA) is 32.5 Å². The molecule has 4 heteroatoms. The van der Waals surface area contributed by atoms with Crippen LogP contribution in [0.2, 0.25) is 0 Å². The lowest BCUT2D eigenvalue weighted by Crippen LogP contribution is -2.42. The van der Waals surface area contributed by atoms with E-state index in [1.54, 1.807) is 12.1 Å². The number of halogens is 1. The molecule has 1 heterocycles. The summed E-state index contributed by atoms with van der Waals surface area (Å²) < 4.78 is 13.1. The quantitative estimate of drug-likeness (QED) is 0.884. The minimum atomic E-state index is -0.178. The molecule has 0 saturated carbocycles. The van der Waals surface area contributed by atoms with Gasteiger partial charge in [0.25, 0.3) is 0 Å². The van der Waals surface area contributed by atoms with Gasteiger partial charge in [-0.15, -0.1) is 0 Å². The predicted molar refractivity (Wildman–Crippen MR) is 73.3 cm³/mol. The van der Waals surface area contributed by atoms with E-state index in [0.717, 1.165) is 44.7 Å². The van der Waals surface area contributed by atoms with Gasteiger partial charge >= 0.3 is 0 Å². The number of likely N-dealkylation sites (tertiary alicyclic amines) is 1. The summed E-state index contributed by atoms with van der Waals surface area (Å²) in [6.45, 7) is 4.09. The zero-order valence-electron chi connectivity index (χ0n) is 11.0. The van der Waals surface area contributed by atoms with Crippen molar-refractivity contribution in [2.75, 3.05) is 38.1 Å². The molecule has 0 bridgehead atoms. The van der Waals surface area contributed by atoms with Crippen LogP contribution < -0.4 is 10.6 Å². The molecule has 0 aromatic heterocycles. The molecule has 1 aliphatic rings. The lowest BCUT2D eigenvalue weighted by atomic mass is 10.1. The Morgan fingerprint density at radius 3 is 2.78 bits per heavy atom. The van der Waals surface area contributed by atoms with Crippen molar-refractivity contribution in [3.8, 4) is 0 Å². The molecular weight excluding hydrogens is 229 g/mol. The Labute approximate surface area is 108 Å². The third kappa shape index (κ3) is 3.68. The standard InChI is InChI=1S/C14H22FN3/c1-17(14-4-2-3-12(15)11-14)9-10-18-7-5-13(16)6-8-18/h2-4,11,13H,5-10,16H2,1H3. The third-order valence-electron chi connectivity index (χ3n) is 3.63. The normalized spacial score (nSPS) is 17.9. The van der Waals surface area contributed by atoms with Crippen molar-refractivity contribution >= 4 is 5.69 Å². The van der Waals surface area contributed by atoms with Crippen LogP contribution >= 0.6 is 0 Å².